The van der Waals surface area contributed by atoms with Crippen LogP contribution in [0.5, 0.6) is 0 Å². The number of nitrogens with zero attached hydrogens (tertiary/aromatic N) is 2. The van der Waals surface area contributed by atoms with Gasteiger partial charge < -0.3 is 10.6 Å². The zero-order valence-corrected chi connectivity index (χ0v) is 14.1. The number of hydrogen-bond acceptors (Lipinski definition) is 4. The molecule has 0 spiro atoms. The van der Waals surface area contributed by atoms with Crippen LogP contribution in [0.1, 0.15) is 12.8 Å². The van der Waals surface area contributed by atoms with E-state index >= 15 is 0 Å². The highest BCUT2D eigenvalue weighted by Gasteiger charge is 2.32. The first kappa shape index (κ1) is 15.8. The molecule has 0 radical (unpaired) electrons. The lowest BCUT2D eigenvalue weighted by Crippen LogP contribution is -2.47. The number of benzene rings is 1. The van der Waals surface area contributed by atoms with Gasteiger partial charge in [0.2, 0.25) is 10.0 Å². The Labute approximate surface area is 128 Å². The van der Waals surface area contributed by atoms with Crippen LogP contribution in [-0.4, -0.2) is 50.8 Å². The van der Waals surface area contributed by atoms with E-state index in [4.69, 9.17) is 5.73 Å². The summed E-state index contributed by atoms with van der Waals surface area (Å²) in [6, 6.07) is 5.15. The molecular formula is C13H20BrN3O2S. The van der Waals surface area contributed by atoms with E-state index in [0.29, 0.717) is 13.1 Å². The topological polar surface area (TPSA) is 66.6 Å². The molecule has 2 rings (SSSR count). The largest absolute Gasteiger partial charge is 0.398 e. The zero-order chi connectivity index (χ0) is 14.9. The average Bonchev–Trinajstić information content (AvgIpc) is 2.38. The van der Waals surface area contributed by atoms with Crippen molar-refractivity contribution in [1.29, 1.82) is 0 Å². The van der Waals surface area contributed by atoms with E-state index in [9.17, 15) is 8.42 Å². The van der Waals surface area contributed by atoms with Crippen LogP contribution in [0.25, 0.3) is 0 Å². The minimum Gasteiger partial charge on any atom is -0.398 e. The number of hydrogen-bond donors (Lipinski definition) is 1. The maximum atomic E-state index is 12.7. The molecule has 1 aliphatic heterocycles. The van der Waals surface area contributed by atoms with Gasteiger partial charge in [-0.25, -0.2) is 8.42 Å². The number of nitrogens with two attached hydrogens (primary N) is 1. The average molecular weight is 362 g/mol. The minimum atomic E-state index is -3.52. The zero-order valence-electron chi connectivity index (χ0n) is 11.7. The van der Waals surface area contributed by atoms with Crippen molar-refractivity contribution in [3.05, 3.63) is 22.7 Å². The second kappa shape index (κ2) is 6.01. The molecule has 5 nitrogen and oxygen atoms in total. The molecule has 112 valence electrons. The van der Waals surface area contributed by atoms with Crippen LogP contribution in [-0.2, 0) is 10.0 Å². The molecule has 2 N–H and O–H groups in total. The Kier molecular flexibility index (Phi) is 4.73. The van der Waals surface area contributed by atoms with Crippen molar-refractivity contribution in [2.24, 2.45) is 0 Å². The van der Waals surface area contributed by atoms with Gasteiger partial charge in [-0.05, 0) is 45.1 Å². The molecule has 1 unspecified atom stereocenters. The molecule has 1 heterocycles. The van der Waals surface area contributed by atoms with Crippen molar-refractivity contribution in [2.75, 3.05) is 32.9 Å². The third kappa shape index (κ3) is 3.16. The van der Waals surface area contributed by atoms with Gasteiger partial charge in [-0.1, -0.05) is 15.9 Å². The third-order valence-corrected chi connectivity index (χ3v) is 6.11. The highest BCUT2D eigenvalue weighted by atomic mass is 79.9. The molecule has 0 aromatic heterocycles. The summed E-state index contributed by atoms with van der Waals surface area (Å²) in [5, 5.41) is 0. The number of nitrogen functional groups attached to an aromatic ring is 1. The number of piperidine rings is 1. The van der Waals surface area contributed by atoms with Gasteiger partial charge in [0.15, 0.2) is 0 Å². The Balaban J connectivity index is 2.30. The first-order chi connectivity index (χ1) is 9.32. The summed E-state index contributed by atoms with van der Waals surface area (Å²) in [6.07, 6.45) is 1.90. The highest BCUT2D eigenvalue weighted by Crippen LogP contribution is 2.28. The summed E-state index contributed by atoms with van der Waals surface area (Å²) in [4.78, 5) is 2.27. The molecule has 1 aliphatic rings. The van der Waals surface area contributed by atoms with Crippen molar-refractivity contribution < 1.29 is 8.42 Å². The molecule has 0 aliphatic carbocycles. The van der Waals surface area contributed by atoms with Crippen molar-refractivity contribution in [3.8, 4) is 0 Å². The van der Waals surface area contributed by atoms with Crippen LogP contribution in [0.15, 0.2) is 27.6 Å². The predicted octanol–water partition coefficient (Wildman–Crippen LogP) is 1.75. The fraction of sp³-hybridized carbons (Fsp3) is 0.538. The van der Waals surface area contributed by atoms with E-state index in [2.05, 4.69) is 20.8 Å². The van der Waals surface area contributed by atoms with Gasteiger partial charge in [0.1, 0.15) is 4.90 Å². The van der Waals surface area contributed by atoms with E-state index < -0.39 is 10.0 Å². The summed E-state index contributed by atoms with van der Waals surface area (Å²) in [5.74, 6) is 0. The number of likely N-dealkylation sites (N-methyl/N-ethyl adjacent to an activating group) is 1. The second-order valence-electron chi connectivity index (χ2n) is 5.30. The van der Waals surface area contributed by atoms with Crippen molar-refractivity contribution >= 4 is 31.6 Å². The van der Waals surface area contributed by atoms with Gasteiger partial charge in [0, 0.05) is 23.6 Å². The Bertz CT molecular complexity index is 589. The van der Waals surface area contributed by atoms with Gasteiger partial charge in [0.25, 0.3) is 0 Å². The molecule has 20 heavy (non-hydrogen) atoms. The number of sulfonamides is 1. The van der Waals surface area contributed by atoms with E-state index in [0.717, 1.165) is 17.3 Å². The first-order valence-corrected chi connectivity index (χ1v) is 8.77. The van der Waals surface area contributed by atoms with Gasteiger partial charge in [-0.15, -0.1) is 0 Å². The summed E-state index contributed by atoms with van der Waals surface area (Å²) in [6.45, 7) is 1.08. The van der Waals surface area contributed by atoms with Crippen molar-refractivity contribution in [2.45, 2.75) is 23.8 Å². The summed E-state index contributed by atoms with van der Waals surface area (Å²) in [5.41, 5.74) is 6.15. The maximum Gasteiger partial charge on any atom is 0.245 e. The Hall–Kier alpha value is -0.630. The molecular weight excluding hydrogens is 342 g/mol. The molecule has 1 aromatic rings. The smallest absolute Gasteiger partial charge is 0.245 e. The number of rotatable bonds is 3. The van der Waals surface area contributed by atoms with Crippen LogP contribution in [0.4, 0.5) is 5.69 Å². The molecule has 7 heteroatoms. The van der Waals surface area contributed by atoms with Gasteiger partial charge >= 0.3 is 0 Å². The molecule has 1 fully saturated rings. The van der Waals surface area contributed by atoms with E-state index in [1.54, 1.807) is 22.5 Å². The lowest BCUT2D eigenvalue weighted by Gasteiger charge is -2.35. The monoisotopic (exact) mass is 361 g/mol. The van der Waals surface area contributed by atoms with Crippen molar-refractivity contribution in [1.82, 2.24) is 9.21 Å². The Morgan fingerprint density at radius 2 is 2.10 bits per heavy atom. The molecule has 0 amide bonds. The molecule has 1 aromatic carbocycles. The van der Waals surface area contributed by atoms with Crippen LogP contribution >= 0.6 is 15.9 Å². The fourth-order valence-electron chi connectivity index (χ4n) is 2.45. The normalized spacial score (nSPS) is 21.3. The van der Waals surface area contributed by atoms with Crippen LogP contribution in [0.2, 0.25) is 0 Å². The fourth-order valence-corrected chi connectivity index (χ4v) is 4.45. The van der Waals surface area contributed by atoms with E-state index in [1.807, 2.05) is 14.1 Å². The second-order valence-corrected chi connectivity index (χ2v) is 8.13. The maximum absolute atomic E-state index is 12.7. The molecule has 0 saturated carbocycles. The number of anilines is 1. The SMILES string of the molecule is CN(C)C1CCCN(S(=O)(=O)c2ccc(Br)cc2N)C1. The predicted molar refractivity (Wildman–Crippen MR) is 84.0 cm³/mol. The van der Waals surface area contributed by atoms with Crippen LogP contribution in [0.3, 0.4) is 0 Å². The standard InChI is InChI=1S/C13H20BrN3O2S/c1-16(2)11-4-3-7-17(9-11)20(18,19)13-6-5-10(14)8-12(13)15/h5-6,8,11H,3-4,7,9,15H2,1-2H3. The van der Waals surface area contributed by atoms with E-state index in [-0.39, 0.29) is 16.6 Å². The highest BCUT2D eigenvalue weighted by molar-refractivity contribution is 9.10. The minimum absolute atomic E-state index is 0.195. The van der Waals surface area contributed by atoms with Gasteiger partial charge in [-0.3, -0.25) is 0 Å². The van der Waals surface area contributed by atoms with E-state index in [1.165, 1.54) is 0 Å². The quantitative estimate of drug-likeness (QED) is 0.832. The summed E-state index contributed by atoms with van der Waals surface area (Å²) in [7, 11) is 0.447. The Morgan fingerprint density at radius 3 is 2.70 bits per heavy atom. The summed E-state index contributed by atoms with van der Waals surface area (Å²) >= 11 is 3.29. The summed E-state index contributed by atoms with van der Waals surface area (Å²) < 4.78 is 27.7. The van der Waals surface area contributed by atoms with Crippen molar-refractivity contribution in [3.63, 3.8) is 0 Å². The molecule has 1 saturated heterocycles. The van der Waals surface area contributed by atoms with Crippen LogP contribution in [0, 0.1) is 0 Å². The molecule has 0 bridgehead atoms. The Morgan fingerprint density at radius 1 is 1.40 bits per heavy atom. The van der Waals surface area contributed by atoms with Gasteiger partial charge in [-0.2, -0.15) is 4.31 Å². The molecule has 1 atom stereocenters. The first-order valence-electron chi connectivity index (χ1n) is 6.54. The van der Waals surface area contributed by atoms with Gasteiger partial charge in [0.05, 0.1) is 5.69 Å². The third-order valence-electron chi connectivity index (χ3n) is 3.68. The number of halogens is 1. The van der Waals surface area contributed by atoms with Crippen LogP contribution < -0.4 is 5.73 Å². The lowest BCUT2D eigenvalue weighted by atomic mass is 10.1. The lowest BCUT2D eigenvalue weighted by molar-refractivity contribution is 0.190.